The molecule has 0 fully saturated rings. The van der Waals surface area contributed by atoms with Crippen molar-refractivity contribution in [3.63, 3.8) is 0 Å². The first-order chi connectivity index (χ1) is 5.33. The normalized spacial score (nSPS) is 15.5. The van der Waals surface area contributed by atoms with Gasteiger partial charge in [-0.25, -0.2) is 0 Å². The third kappa shape index (κ3) is 3.56. The van der Waals surface area contributed by atoms with Gasteiger partial charge in [0.2, 0.25) is 0 Å². The van der Waals surface area contributed by atoms with Crippen molar-refractivity contribution >= 4 is 0 Å². The lowest BCUT2D eigenvalue weighted by Gasteiger charge is -2.22. The van der Waals surface area contributed by atoms with Crippen LogP contribution in [0.1, 0.15) is 26.7 Å². The summed E-state index contributed by atoms with van der Waals surface area (Å²) in [5.74, 6) is 0. The van der Waals surface area contributed by atoms with E-state index in [4.69, 9.17) is 0 Å². The summed E-state index contributed by atoms with van der Waals surface area (Å²) in [4.78, 5) is 2.37. The summed E-state index contributed by atoms with van der Waals surface area (Å²) in [5, 5.41) is 0. The highest BCUT2D eigenvalue weighted by atomic mass is 19.0. The Morgan fingerprint density at radius 1 is 1.50 bits per heavy atom. The van der Waals surface area contributed by atoms with Crippen LogP contribution in [0.25, 0.3) is 0 Å². The highest BCUT2D eigenvalue weighted by molar-refractivity contribution is 5.16. The number of allylic oxidation sites excluding steroid dienone is 2. The van der Waals surface area contributed by atoms with Gasteiger partial charge in [0, 0.05) is 13.1 Å². The molecule has 2 heteroatoms. The van der Waals surface area contributed by atoms with Crippen LogP contribution in [0.3, 0.4) is 0 Å². The Morgan fingerprint density at radius 2 is 2.25 bits per heavy atom. The van der Waals surface area contributed by atoms with Crippen LogP contribution in [-0.4, -0.2) is 18.0 Å². The molecular formula is C10H18FN. The number of unbranched alkanes of at least 4 members (excludes halogenated alkanes) is 1. The molecule has 0 aromatic carbocycles. The van der Waals surface area contributed by atoms with Crippen LogP contribution in [0.15, 0.2) is 23.9 Å². The van der Waals surface area contributed by atoms with E-state index in [0.29, 0.717) is 0 Å². The summed E-state index contributed by atoms with van der Waals surface area (Å²) in [6.07, 6.45) is 9.09. The molecule has 0 atom stereocenters. The van der Waals surface area contributed by atoms with Gasteiger partial charge in [-0.3, -0.25) is 4.70 Å². The van der Waals surface area contributed by atoms with Gasteiger partial charge < -0.3 is 4.90 Å². The largest absolute Gasteiger partial charge is 0.373 e. The number of hydrogen-bond acceptors (Lipinski definition) is 1. The molecule has 1 nitrogen and oxygen atoms in total. The minimum Gasteiger partial charge on any atom is -0.373 e. The van der Waals surface area contributed by atoms with Gasteiger partial charge in [-0.2, -0.15) is 0 Å². The lowest BCUT2D eigenvalue weighted by molar-refractivity contribution is 0.392. The van der Waals surface area contributed by atoms with Crippen LogP contribution in [0.4, 0.5) is 4.70 Å². The predicted molar refractivity (Wildman–Crippen MR) is 51.9 cm³/mol. The SMILES string of the molecule is CCCCN1C=CC=C(C)C1.F. The minimum atomic E-state index is 0. The third-order valence-electron chi connectivity index (χ3n) is 1.93. The molecule has 1 rings (SSSR count). The molecular weight excluding hydrogens is 153 g/mol. The van der Waals surface area contributed by atoms with Gasteiger partial charge in [0.25, 0.3) is 0 Å². The van der Waals surface area contributed by atoms with Gasteiger partial charge in [0.15, 0.2) is 0 Å². The smallest absolute Gasteiger partial charge is 0.0383 e. The molecule has 0 saturated carbocycles. The second kappa shape index (κ2) is 5.81. The van der Waals surface area contributed by atoms with Crippen LogP contribution in [0.2, 0.25) is 0 Å². The zero-order chi connectivity index (χ0) is 8.10. The fraction of sp³-hybridized carbons (Fsp3) is 0.600. The third-order valence-corrected chi connectivity index (χ3v) is 1.93. The Hall–Kier alpha value is -0.790. The van der Waals surface area contributed by atoms with E-state index in [1.54, 1.807) is 0 Å². The Bertz CT molecular complexity index is 173. The average Bonchev–Trinajstić information content (AvgIpc) is 2.01. The monoisotopic (exact) mass is 171 g/mol. The zero-order valence-electron chi connectivity index (χ0n) is 7.92. The van der Waals surface area contributed by atoms with Crippen LogP contribution in [-0.2, 0) is 0 Å². The Labute approximate surface area is 74.1 Å². The van der Waals surface area contributed by atoms with E-state index in [1.165, 1.54) is 25.0 Å². The first kappa shape index (κ1) is 11.2. The molecule has 0 saturated heterocycles. The molecule has 0 aromatic rings. The van der Waals surface area contributed by atoms with E-state index < -0.39 is 0 Å². The molecule has 1 aliphatic heterocycles. The lowest BCUT2D eigenvalue weighted by atomic mass is 10.2. The highest BCUT2D eigenvalue weighted by Crippen LogP contribution is 2.06. The van der Waals surface area contributed by atoms with Crippen molar-refractivity contribution in [3.8, 4) is 0 Å². The summed E-state index contributed by atoms with van der Waals surface area (Å²) in [5.41, 5.74) is 1.46. The van der Waals surface area contributed by atoms with Crippen LogP contribution in [0, 0.1) is 0 Å². The minimum absolute atomic E-state index is 0. The quantitative estimate of drug-likeness (QED) is 0.631. The summed E-state index contributed by atoms with van der Waals surface area (Å²) < 4.78 is 0. The molecule has 0 bridgehead atoms. The maximum Gasteiger partial charge on any atom is 0.0383 e. The Morgan fingerprint density at radius 3 is 2.83 bits per heavy atom. The van der Waals surface area contributed by atoms with Gasteiger partial charge in [-0.05, 0) is 25.6 Å². The molecule has 0 spiro atoms. The number of halogens is 1. The van der Waals surface area contributed by atoms with Crippen LogP contribution in [0.5, 0.6) is 0 Å². The van der Waals surface area contributed by atoms with Gasteiger partial charge in [0.05, 0.1) is 0 Å². The number of nitrogens with zero attached hydrogens (tertiary/aromatic N) is 1. The maximum atomic E-state index is 2.37. The van der Waals surface area contributed by atoms with Crippen molar-refractivity contribution in [1.29, 1.82) is 0 Å². The van der Waals surface area contributed by atoms with Gasteiger partial charge in [-0.1, -0.05) is 25.0 Å². The zero-order valence-corrected chi connectivity index (χ0v) is 7.92. The van der Waals surface area contributed by atoms with Crippen molar-refractivity contribution < 1.29 is 4.70 Å². The molecule has 1 aliphatic rings. The predicted octanol–water partition coefficient (Wildman–Crippen LogP) is 2.71. The number of rotatable bonds is 3. The molecule has 70 valence electrons. The summed E-state index contributed by atoms with van der Waals surface area (Å²) >= 11 is 0. The van der Waals surface area contributed by atoms with Crippen LogP contribution < -0.4 is 0 Å². The summed E-state index contributed by atoms with van der Waals surface area (Å²) in [7, 11) is 0. The highest BCUT2D eigenvalue weighted by Gasteiger charge is 2.01. The van der Waals surface area contributed by atoms with E-state index in [-0.39, 0.29) is 4.70 Å². The van der Waals surface area contributed by atoms with Crippen molar-refractivity contribution in [2.45, 2.75) is 26.7 Å². The van der Waals surface area contributed by atoms with Crippen molar-refractivity contribution in [2.75, 3.05) is 13.1 Å². The molecule has 0 unspecified atom stereocenters. The molecule has 1 heterocycles. The first-order valence-electron chi connectivity index (χ1n) is 4.41. The van der Waals surface area contributed by atoms with E-state index in [2.05, 4.69) is 37.1 Å². The average molecular weight is 171 g/mol. The van der Waals surface area contributed by atoms with Crippen molar-refractivity contribution in [3.05, 3.63) is 23.9 Å². The molecule has 0 radical (unpaired) electrons. The van der Waals surface area contributed by atoms with Crippen LogP contribution >= 0.6 is 0 Å². The first-order valence-corrected chi connectivity index (χ1v) is 4.41. The van der Waals surface area contributed by atoms with Gasteiger partial charge in [-0.15, -0.1) is 0 Å². The topological polar surface area (TPSA) is 3.24 Å². The fourth-order valence-corrected chi connectivity index (χ4v) is 1.27. The van der Waals surface area contributed by atoms with Crippen molar-refractivity contribution in [1.82, 2.24) is 4.90 Å². The summed E-state index contributed by atoms with van der Waals surface area (Å²) in [6, 6.07) is 0. The molecule has 12 heavy (non-hydrogen) atoms. The van der Waals surface area contributed by atoms with E-state index in [9.17, 15) is 0 Å². The standard InChI is InChI=1S/C10H17N.FH/c1-3-4-7-11-8-5-6-10(2)9-11;/h5-6,8H,3-4,7,9H2,1-2H3;1H. The second-order valence-electron chi connectivity index (χ2n) is 3.18. The molecule has 0 aliphatic carbocycles. The second-order valence-corrected chi connectivity index (χ2v) is 3.18. The van der Waals surface area contributed by atoms with Gasteiger partial charge >= 0.3 is 0 Å². The van der Waals surface area contributed by atoms with Crippen molar-refractivity contribution in [2.24, 2.45) is 0 Å². The molecule has 0 N–H and O–H groups in total. The number of hydrogen-bond donors (Lipinski definition) is 0. The lowest BCUT2D eigenvalue weighted by Crippen LogP contribution is -2.22. The van der Waals surface area contributed by atoms with E-state index in [1.807, 2.05) is 0 Å². The van der Waals surface area contributed by atoms with Gasteiger partial charge in [0.1, 0.15) is 0 Å². The van der Waals surface area contributed by atoms with E-state index in [0.717, 1.165) is 6.54 Å². The molecule has 0 aromatic heterocycles. The Kier molecular flexibility index (Phi) is 5.43. The Balaban J connectivity index is 0.00000121. The fourth-order valence-electron chi connectivity index (χ4n) is 1.27. The molecule has 0 amide bonds. The van der Waals surface area contributed by atoms with E-state index >= 15 is 0 Å². The summed E-state index contributed by atoms with van der Waals surface area (Å²) in [6.45, 7) is 6.74. The maximum absolute atomic E-state index is 2.37.